The summed E-state index contributed by atoms with van der Waals surface area (Å²) in [4.78, 5) is 36.1. The average molecular weight is 346 g/mol. The molecule has 0 unspecified atom stereocenters. The van der Waals surface area contributed by atoms with Gasteiger partial charge in [-0.1, -0.05) is 13.2 Å². The third-order valence-corrected chi connectivity index (χ3v) is 4.28. The van der Waals surface area contributed by atoms with Crippen molar-refractivity contribution in [3.63, 3.8) is 0 Å². The first-order valence-corrected chi connectivity index (χ1v) is 7.92. The van der Waals surface area contributed by atoms with E-state index in [0.717, 1.165) is 0 Å². The first kappa shape index (κ1) is 18.9. The summed E-state index contributed by atoms with van der Waals surface area (Å²) in [5.41, 5.74) is -0.733. The van der Waals surface area contributed by atoms with Gasteiger partial charge in [0.2, 0.25) is 0 Å². The molecule has 6 heteroatoms. The molecule has 1 N–H and O–H groups in total. The van der Waals surface area contributed by atoms with Crippen molar-refractivity contribution in [2.75, 3.05) is 0 Å². The molecule has 0 spiro atoms. The molecule has 1 aliphatic heterocycles. The SMILES string of the molecule is C=C(C)C(=O)O[C@@H]1C[C@@](C)(O)/C=C/C(=O)/C(C)=C\[C@H]2OC(=O)C(=C)[C@@H]21. The minimum absolute atomic E-state index is 0.0283. The molecule has 1 saturated heterocycles. The second-order valence-electron chi connectivity index (χ2n) is 6.75. The van der Waals surface area contributed by atoms with Crippen LogP contribution in [0.15, 0.2) is 48.1 Å². The van der Waals surface area contributed by atoms with Gasteiger partial charge in [0, 0.05) is 17.6 Å². The first-order chi connectivity index (χ1) is 11.5. The number of esters is 2. The van der Waals surface area contributed by atoms with Crippen molar-refractivity contribution in [1.29, 1.82) is 0 Å². The Balaban J connectivity index is 2.51. The van der Waals surface area contributed by atoms with E-state index in [1.165, 1.54) is 32.1 Å². The minimum atomic E-state index is -1.43. The molecular weight excluding hydrogens is 324 g/mol. The lowest BCUT2D eigenvalue weighted by Gasteiger charge is -2.31. The van der Waals surface area contributed by atoms with Crippen LogP contribution in [-0.4, -0.2) is 40.6 Å². The quantitative estimate of drug-likeness (QED) is 0.606. The maximum atomic E-state index is 12.1. The molecule has 1 aliphatic carbocycles. The first-order valence-electron chi connectivity index (χ1n) is 7.92. The number of allylic oxidation sites excluding steroid dienone is 2. The number of carbonyl (C=O) groups is 3. The molecule has 134 valence electrons. The number of rotatable bonds is 2. The van der Waals surface area contributed by atoms with Gasteiger partial charge in [0.1, 0.15) is 12.2 Å². The van der Waals surface area contributed by atoms with Crippen LogP contribution >= 0.6 is 0 Å². The van der Waals surface area contributed by atoms with E-state index in [9.17, 15) is 19.5 Å². The van der Waals surface area contributed by atoms with Crippen molar-refractivity contribution < 1.29 is 29.0 Å². The summed E-state index contributed by atoms with van der Waals surface area (Å²) in [7, 11) is 0. The van der Waals surface area contributed by atoms with Gasteiger partial charge < -0.3 is 14.6 Å². The van der Waals surface area contributed by atoms with Crippen molar-refractivity contribution in [2.45, 2.75) is 45.0 Å². The molecule has 25 heavy (non-hydrogen) atoms. The van der Waals surface area contributed by atoms with E-state index in [0.29, 0.717) is 5.57 Å². The number of ketones is 1. The molecule has 0 bridgehead atoms. The highest BCUT2D eigenvalue weighted by molar-refractivity contribution is 6.03. The van der Waals surface area contributed by atoms with Crippen molar-refractivity contribution >= 4 is 17.7 Å². The van der Waals surface area contributed by atoms with Crippen molar-refractivity contribution in [1.82, 2.24) is 0 Å². The lowest BCUT2D eigenvalue weighted by atomic mass is 9.82. The van der Waals surface area contributed by atoms with Crippen LogP contribution in [0.4, 0.5) is 0 Å². The van der Waals surface area contributed by atoms with E-state index in [4.69, 9.17) is 9.47 Å². The second kappa shape index (κ2) is 6.80. The topological polar surface area (TPSA) is 89.9 Å². The molecule has 6 nitrogen and oxygen atoms in total. The zero-order valence-electron chi connectivity index (χ0n) is 14.6. The smallest absolute Gasteiger partial charge is 0.334 e. The number of fused-ring (bicyclic) bond motifs is 1. The number of hydrogen-bond acceptors (Lipinski definition) is 6. The summed E-state index contributed by atoms with van der Waals surface area (Å²) in [6, 6.07) is 0. The highest BCUT2D eigenvalue weighted by Gasteiger charge is 2.46. The van der Waals surface area contributed by atoms with Crippen LogP contribution in [0.25, 0.3) is 0 Å². The molecule has 1 fully saturated rings. The summed E-state index contributed by atoms with van der Waals surface area (Å²) in [6.07, 6.45) is 2.44. The zero-order valence-corrected chi connectivity index (χ0v) is 14.6. The van der Waals surface area contributed by atoms with Gasteiger partial charge in [0.05, 0.1) is 11.5 Å². The van der Waals surface area contributed by atoms with Crippen LogP contribution in [-0.2, 0) is 23.9 Å². The van der Waals surface area contributed by atoms with Crippen LogP contribution in [0.5, 0.6) is 0 Å². The summed E-state index contributed by atoms with van der Waals surface area (Å²) in [5.74, 6) is -2.25. The van der Waals surface area contributed by atoms with Gasteiger partial charge in [-0.2, -0.15) is 0 Å². The van der Waals surface area contributed by atoms with E-state index in [1.54, 1.807) is 6.92 Å². The monoisotopic (exact) mass is 346 g/mol. The molecule has 0 amide bonds. The minimum Gasteiger partial charge on any atom is -0.458 e. The lowest BCUT2D eigenvalue weighted by molar-refractivity contribution is -0.150. The number of carbonyl (C=O) groups excluding carboxylic acids is 3. The van der Waals surface area contributed by atoms with Gasteiger partial charge in [-0.15, -0.1) is 0 Å². The largest absolute Gasteiger partial charge is 0.458 e. The Labute approximate surface area is 146 Å². The summed E-state index contributed by atoms with van der Waals surface area (Å²) in [5, 5.41) is 10.6. The summed E-state index contributed by atoms with van der Waals surface area (Å²) >= 11 is 0. The van der Waals surface area contributed by atoms with Crippen LogP contribution in [0.1, 0.15) is 27.2 Å². The highest BCUT2D eigenvalue weighted by atomic mass is 16.6. The zero-order chi connectivity index (χ0) is 18.9. The lowest BCUT2D eigenvalue weighted by Crippen LogP contribution is -2.39. The van der Waals surface area contributed by atoms with E-state index in [-0.39, 0.29) is 23.4 Å². The number of aliphatic hydroxyl groups is 1. The average Bonchev–Trinajstić information content (AvgIpc) is 2.77. The molecule has 0 saturated carbocycles. The van der Waals surface area contributed by atoms with E-state index < -0.39 is 35.7 Å². The third kappa shape index (κ3) is 4.14. The van der Waals surface area contributed by atoms with Gasteiger partial charge >= 0.3 is 11.9 Å². The Morgan fingerprint density at radius 1 is 1.44 bits per heavy atom. The maximum absolute atomic E-state index is 12.1. The Morgan fingerprint density at radius 3 is 2.68 bits per heavy atom. The van der Waals surface area contributed by atoms with E-state index in [2.05, 4.69) is 13.2 Å². The Kier molecular flexibility index (Phi) is 5.13. The molecular formula is C19H22O6. The van der Waals surface area contributed by atoms with Crippen molar-refractivity contribution in [3.05, 3.63) is 48.1 Å². The van der Waals surface area contributed by atoms with Crippen molar-refractivity contribution in [3.8, 4) is 0 Å². The molecule has 2 rings (SSSR count). The Bertz CT molecular complexity index is 709. The fourth-order valence-electron chi connectivity index (χ4n) is 2.85. The highest BCUT2D eigenvalue weighted by Crippen LogP contribution is 2.37. The van der Waals surface area contributed by atoms with E-state index >= 15 is 0 Å². The fourth-order valence-corrected chi connectivity index (χ4v) is 2.85. The van der Waals surface area contributed by atoms with Gasteiger partial charge in [-0.3, -0.25) is 4.79 Å². The fraction of sp³-hybridized carbons (Fsp3) is 0.421. The standard InChI is InChI=1S/C19H22O6/c1-10(2)17(21)25-15-9-19(5,23)7-6-13(20)11(3)8-14-16(15)12(4)18(22)24-14/h6-8,14-16,23H,1,4,9H2,2-3,5H3/b7-6+,11-8-/t14-,15-,16+,19+/m1/s1. The summed E-state index contributed by atoms with van der Waals surface area (Å²) in [6.45, 7) is 11.9. The summed E-state index contributed by atoms with van der Waals surface area (Å²) < 4.78 is 10.8. The van der Waals surface area contributed by atoms with Crippen molar-refractivity contribution in [2.24, 2.45) is 5.92 Å². The molecule has 4 atom stereocenters. The second-order valence-corrected chi connectivity index (χ2v) is 6.75. The van der Waals surface area contributed by atoms with Gasteiger partial charge in [-0.05, 0) is 44.6 Å². The number of hydrogen-bond donors (Lipinski definition) is 1. The van der Waals surface area contributed by atoms with Gasteiger partial charge in [0.25, 0.3) is 0 Å². The van der Waals surface area contributed by atoms with Gasteiger partial charge in [-0.25, -0.2) is 9.59 Å². The van der Waals surface area contributed by atoms with E-state index in [1.807, 2.05) is 0 Å². The predicted molar refractivity (Wildman–Crippen MR) is 90.3 cm³/mol. The molecule has 1 heterocycles. The normalized spacial score (nSPS) is 35.9. The van der Waals surface area contributed by atoms with Crippen LogP contribution < -0.4 is 0 Å². The molecule has 0 radical (unpaired) electrons. The Morgan fingerprint density at radius 2 is 2.08 bits per heavy atom. The molecule has 2 aliphatic rings. The van der Waals surface area contributed by atoms with Crippen LogP contribution in [0.2, 0.25) is 0 Å². The molecule has 0 aromatic rings. The molecule has 0 aromatic carbocycles. The van der Waals surface area contributed by atoms with Crippen LogP contribution in [0.3, 0.4) is 0 Å². The number of ether oxygens (including phenoxy) is 2. The molecule has 0 aromatic heterocycles. The maximum Gasteiger partial charge on any atom is 0.334 e. The van der Waals surface area contributed by atoms with Gasteiger partial charge in [0.15, 0.2) is 5.78 Å². The Hall–Kier alpha value is -2.47. The third-order valence-electron chi connectivity index (χ3n) is 4.28. The predicted octanol–water partition coefficient (Wildman–Crippen LogP) is 1.80. The van der Waals surface area contributed by atoms with Crippen LogP contribution in [0, 0.1) is 5.92 Å².